The van der Waals surface area contributed by atoms with E-state index in [2.05, 4.69) is 22.3 Å². The van der Waals surface area contributed by atoms with Crippen molar-refractivity contribution in [3.8, 4) is 0 Å². The average molecular weight is 343 g/mol. The van der Waals surface area contributed by atoms with Crippen LogP contribution in [0.4, 0.5) is 5.69 Å². The topological polar surface area (TPSA) is 52.7 Å². The first-order valence-electron chi connectivity index (χ1n) is 8.05. The summed E-state index contributed by atoms with van der Waals surface area (Å²) >= 11 is 1.40. The molecule has 6 heteroatoms. The molecule has 0 bridgehead atoms. The second-order valence-corrected chi connectivity index (χ2v) is 6.73. The molecule has 1 N–H and O–H groups in total. The van der Waals surface area contributed by atoms with Crippen LogP contribution in [0.1, 0.15) is 15.2 Å². The minimum absolute atomic E-state index is 0.0229. The molecule has 1 aliphatic rings. The van der Waals surface area contributed by atoms with Gasteiger partial charge in [-0.15, -0.1) is 11.3 Å². The van der Waals surface area contributed by atoms with Gasteiger partial charge in [0.2, 0.25) is 5.91 Å². The summed E-state index contributed by atoms with van der Waals surface area (Å²) < 4.78 is 0. The first kappa shape index (κ1) is 16.5. The zero-order valence-corrected chi connectivity index (χ0v) is 14.5. The van der Waals surface area contributed by atoms with Gasteiger partial charge in [-0.2, -0.15) is 0 Å². The van der Waals surface area contributed by atoms with Crippen LogP contribution in [0.2, 0.25) is 0 Å². The molecule has 0 unspecified atom stereocenters. The van der Waals surface area contributed by atoms with Crippen molar-refractivity contribution >= 4 is 28.8 Å². The largest absolute Gasteiger partial charge is 0.368 e. The van der Waals surface area contributed by atoms with E-state index in [4.69, 9.17) is 0 Å². The summed E-state index contributed by atoms with van der Waals surface area (Å²) in [6.45, 7) is 4.95. The van der Waals surface area contributed by atoms with Crippen LogP contribution < -0.4 is 10.2 Å². The lowest BCUT2D eigenvalue weighted by atomic mass is 10.2. The van der Waals surface area contributed by atoms with Crippen molar-refractivity contribution < 1.29 is 9.59 Å². The number of carbonyl (C=O) groups is 2. The van der Waals surface area contributed by atoms with Gasteiger partial charge in [-0.25, -0.2) is 0 Å². The van der Waals surface area contributed by atoms with Gasteiger partial charge in [0.05, 0.1) is 11.4 Å². The molecule has 0 atom stereocenters. The SMILES string of the molecule is Cc1ccsc1C(=O)NCC(=O)N1CCN(c2ccccc2)CC1. The van der Waals surface area contributed by atoms with Crippen molar-refractivity contribution in [1.82, 2.24) is 10.2 Å². The van der Waals surface area contributed by atoms with Gasteiger partial charge >= 0.3 is 0 Å². The van der Waals surface area contributed by atoms with E-state index in [0.717, 1.165) is 18.7 Å². The summed E-state index contributed by atoms with van der Waals surface area (Å²) in [6, 6.07) is 12.1. The van der Waals surface area contributed by atoms with E-state index in [1.54, 1.807) is 0 Å². The van der Waals surface area contributed by atoms with Gasteiger partial charge in [0.15, 0.2) is 0 Å². The summed E-state index contributed by atoms with van der Waals surface area (Å²) in [7, 11) is 0. The molecule has 0 aliphatic carbocycles. The van der Waals surface area contributed by atoms with Crippen LogP contribution in [0.3, 0.4) is 0 Å². The van der Waals surface area contributed by atoms with Crippen LogP contribution in [-0.2, 0) is 4.79 Å². The number of hydrogen-bond acceptors (Lipinski definition) is 4. The highest BCUT2D eigenvalue weighted by atomic mass is 32.1. The van der Waals surface area contributed by atoms with E-state index in [1.165, 1.54) is 17.0 Å². The molecule has 24 heavy (non-hydrogen) atoms. The Kier molecular flexibility index (Phi) is 5.15. The lowest BCUT2D eigenvalue weighted by Gasteiger charge is -2.36. The summed E-state index contributed by atoms with van der Waals surface area (Å²) in [5, 5.41) is 4.62. The molecule has 1 saturated heterocycles. The molecular weight excluding hydrogens is 322 g/mol. The third-order valence-electron chi connectivity index (χ3n) is 4.22. The van der Waals surface area contributed by atoms with E-state index in [1.807, 2.05) is 41.5 Å². The minimum Gasteiger partial charge on any atom is -0.368 e. The standard InChI is InChI=1S/C18H21N3O2S/c1-14-7-12-24-17(14)18(23)19-13-16(22)21-10-8-20(9-11-21)15-5-3-2-4-6-15/h2-7,12H,8-11,13H2,1H3,(H,19,23). The van der Waals surface area contributed by atoms with Gasteiger partial charge in [-0.3, -0.25) is 9.59 Å². The highest BCUT2D eigenvalue weighted by Gasteiger charge is 2.22. The molecule has 0 radical (unpaired) electrons. The number of para-hydroxylation sites is 1. The van der Waals surface area contributed by atoms with Crippen LogP contribution in [0.25, 0.3) is 0 Å². The molecular formula is C18H21N3O2S. The number of aryl methyl sites for hydroxylation is 1. The quantitative estimate of drug-likeness (QED) is 0.925. The number of benzene rings is 1. The number of nitrogens with zero attached hydrogens (tertiary/aromatic N) is 2. The second-order valence-electron chi connectivity index (χ2n) is 5.82. The van der Waals surface area contributed by atoms with E-state index >= 15 is 0 Å². The van der Waals surface area contributed by atoms with Crippen molar-refractivity contribution in [3.63, 3.8) is 0 Å². The zero-order chi connectivity index (χ0) is 16.9. The molecule has 5 nitrogen and oxygen atoms in total. The van der Waals surface area contributed by atoms with E-state index < -0.39 is 0 Å². The second kappa shape index (κ2) is 7.49. The molecule has 2 heterocycles. The third kappa shape index (κ3) is 3.76. The van der Waals surface area contributed by atoms with Crippen LogP contribution in [0.15, 0.2) is 41.8 Å². The molecule has 1 aromatic carbocycles. The van der Waals surface area contributed by atoms with Crippen LogP contribution in [0, 0.1) is 6.92 Å². The maximum Gasteiger partial charge on any atom is 0.262 e. The highest BCUT2D eigenvalue weighted by Crippen LogP contribution is 2.16. The molecule has 1 fully saturated rings. The fourth-order valence-electron chi connectivity index (χ4n) is 2.81. The van der Waals surface area contributed by atoms with Crippen molar-refractivity contribution in [2.24, 2.45) is 0 Å². The predicted molar refractivity (Wildman–Crippen MR) is 96.6 cm³/mol. The Morgan fingerprint density at radius 3 is 2.42 bits per heavy atom. The fourth-order valence-corrected chi connectivity index (χ4v) is 3.65. The number of carbonyl (C=O) groups excluding carboxylic acids is 2. The average Bonchev–Trinajstić information content (AvgIpc) is 3.06. The van der Waals surface area contributed by atoms with Gasteiger partial charge < -0.3 is 15.1 Å². The molecule has 2 aromatic rings. The third-order valence-corrected chi connectivity index (χ3v) is 5.24. The lowest BCUT2D eigenvalue weighted by Crippen LogP contribution is -2.51. The number of rotatable bonds is 4. The summed E-state index contributed by atoms with van der Waals surface area (Å²) in [6.07, 6.45) is 0. The molecule has 0 saturated carbocycles. The molecule has 2 amide bonds. The number of thiophene rings is 1. The summed E-state index contributed by atoms with van der Waals surface area (Å²) in [5.41, 5.74) is 2.13. The Balaban J connectivity index is 1.47. The summed E-state index contributed by atoms with van der Waals surface area (Å²) in [5.74, 6) is -0.191. The van der Waals surface area contributed by atoms with Crippen molar-refractivity contribution in [1.29, 1.82) is 0 Å². The van der Waals surface area contributed by atoms with Crippen LogP contribution in [-0.4, -0.2) is 49.4 Å². The minimum atomic E-state index is -0.168. The van der Waals surface area contributed by atoms with Crippen molar-refractivity contribution in [2.45, 2.75) is 6.92 Å². The number of hydrogen-bond donors (Lipinski definition) is 1. The van der Waals surface area contributed by atoms with Crippen LogP contribution >= 0.6 is 11.3 Å². The number of nitrogens with one attached hydrogen (secondary N) is 1. The van der Waals surface area contributed by atoms with Crippen molar-refractivity contribution in [2.75, 3.05) is 37.6 Å². The first-order valence-corrected chi connectivity index (χ1v) is 8.93. The van der Waals surface area contributed by atoms with Gasteiger partial charge in [-0.05, 0) is 36.1 Å². The molecule has 3 rings (SSSR count). The van der Waals surface area contributed by atoms with Gasteiger partial charge in [0, 0.05) is 31.9 Å². The van der Waals surface area contributed by atoms with Gasteiger partial charge in [0.25, 0.3) is 5.91 Å². The van der Waals surface area contributed by atoms with E-state index in [9.17, 15) is 9.59 Å². The molecule has 0 spiro atoms. The van der Waals surface area contributed by atoms with Crippen LogP contribution in [0.5, 0.6) is 0 Å². The smallest absolute Gasteiger partial charge is 0.262 e. The monoisotopic (exact) mass is 343 g/mol. The van der Waals surface area contributed by atoms with Gasteiger partial charge in [-0.1, -0.05) is 18.2 Å². The Morgan fingerprint density at radius 2 is 1.79 bits per heavy atom. The maximum absolute atomic E-state index is 12.3. The number of piperazine rings is 1. The Bertz CT molecular complexity index is 706. The Labute approximate surface area is 145 Å². The van der Waals surface area contributed by atoms with Crippen molar-refractivity contribution in [3.05, 3.63) is 52.2 Å². The van der Waals surface area contributed by atoms with E-state index in [-0.39, 0.29) is 18.4 Å². The number of amides is 2. The number of anilines is 1. The van der Waals surface area contributed by atoms with E-state index in [0.29, 0.717) is 18.0 Å². The lowest BCUT2D eigenvalue weighted by molar-refractivity contribution is -0.130. The fraction of sp³-hybridized carbons (Fsp3) is 0.333. The normalized spacial score (nSPS) is 14.5. The Morgan fingerprint density at radius 1 is 1.08 bits per heavy atom. The molecule has 126 valence electrons. The summed E-state index contributed by atoms with van der Waals surface area (Å²) in [4.78, 5) is 29.1. The maximum atomic E-state index is 12.3. The Hall–Kier alpha value is -2.34. The molecule has 1 aliphatic heterocycles. The highest BCUT2D eigenvalue weighted by molar-refractivity contribution is 7.12. The molecule has 1 aromatic heterocycles. The predicted octanol–water partition coefficient (Wildman–Crippen LogP) is 2.14. The first-order chi connectivity index (χ1) is 11.6. The van der Waals surface area contributed by atoms with Gasteiger partial charge in [0.1, 0.15) is 0 Å². The zero-order valence-electron chi connectivity index (χ0n) is 13.7.